The molecule has 2 aliphatic rings. The van der Waals surface area contributed by atoms with Crippen LogP contribution >= 0.6 is 12.4 Å². The van der Waals surface area contributed by atoms with Gasteiger partial charge in [-0.15, -0.1) is 12.4 Å². The van der Waals surface area contributed by atoms with E-state index in [1.165, 1.54) is 6.42 Å². The Morgan fingerprint density at radius 3 is 2.74 bits per heavy atom. The lowest BCUT2D eigenvalue weighted by atomic mass is 9.93. The van der Waals surface area contributed by atoms with Gasteiger partial charge in [0.1, 0.15) is 5.82 Å². The lowest BCUT2D eigenvalue weighted by molar-refractivity contribution is -0.124. The molecular weight excluding hydrogens is 312 g/mol. The molecule has 0 bridgehead atoms. The second kappa shape index (κ2) is 8.50. The highest BCUT2D eigenvalue weighted by molar-refractivity contribution is 5.85. The summed E-state index contributed by atoms with van der Waals surface area (Å²) in [6.45, 7) is 5.09. The Morgan fingerprint density at radius 2 is 2.09 bits per heavy atom. The van der Waals surface area contributed by atoms with Crippen molar-refractivity contribution in [3.05, 3.63) is 24.4 Å². The summed E-state index contributed by atoms with van der Waals surface area (Å²) in [6.07, 6.45) is 5.94. The minimum atomic E-state index is -0.00225. The van der Waals surface area contributed by atoms with E-state index in [9.17, 15) is 4.79 Å². The molecule has 23 heavy (non-hydrogen) atoms. The van der Waals surface area contributed by atoms with Crippen LogP contribution in [0.2, 0.25) is 0 Å². The van der Waals surface area contributed by atoms with Crippen LogP contribution in [0.15, 0.2) is 24.4 Å². The van der Waals surface area contributed by atoms with Crippen LogP contribution in [0.5, 0.6) is 0 Å². The van der Waals surface area contributed by atoms with E-state index in [0.29, 0.717) is 12.0 Å². The number of nitrogens with one attached hydrogen (secondary N) is 2. The Bertz CT molecular complexity index is 491. The van der Waals surface area contributed by atoms with Crippen LogP contribution in [0.1, 0.15) is 32.6 Å². The van der Waals surface area contributed by atoms with E-state index in [2.05, 4.69) is 27.4 Å². The van der Waals surface area contributed by atoms with Gasteiger partial charge in [-0.3, -0.25) is 4.79 Å². The molecule has 0 saturated carbocycles. The van der Waals surface area contributed by atoms with Crippen molar-refractivity contribution in [2.45, 2.75) is 44.7 Å². The van der Waals surface area contributed by atoms with Gasteiger partial charge in [0.25, 0.3) is 0 Å². The standard InChI is InChI=1S/C17H26N4O.ClH/c1-13-5-9-18-15(12-13)17(22)20-14-6-10-21(11-7-14)16-4-2-3-8-19-16;/h2-4,8,13-15,18H,5-7,9-12H2,1H3,(H,20,22);1H. The van der Waals surface area contributed by atoms with Gasteiger partial charge >= 0.3 is 0 Å². The minimum Gasteiger partial charge on any atom is -0.356 e. The molecule has 6 heteroatoms. The monoisotopic (exact) mass is 338 g/mol. The summed E-state index contributed by atoms with van der Waals surface area (Å²) in [7, 11) is 0. The number of anilines is 1. The Kier molecular flexibility index (Phi) is 6.66. The summed E-state index contributed by atoms with van der Waals surface area (Å²) in [6, 6.07) is 6.30. The molecule has 2 aliphatic heterocycles. The minimum absolute atomic E-state index is 0. The number of pyridine rings is 1. The van der Waals surface area contributed by atoms with Crippen LogP contribution in [-0.4, -0.2) is 42.6 Å². The molecule has 3 heterocycles. The summed E-state index contributed by atoms with van der Waals surface area (Å²) < 4.78 is 0. The molecule has 1 aromatic heterocycles. The molecule has 1 aromatic rings. The summed E-state index contributed by atoms with van der Waals surface area (Å²) in [5, 5.41) is 6.57. The van der Waals surface area contributed by atoms with Crippen LogP contribution in [0.3, 0.4) is 0 Å². The first kappa shape index (κ1) is 18.0. The van der Waals surface area contributed by atoms with Gasteiger partial charge in [0, 0.05) is 25.3 Å². The van der Waals surface area contributed by atoms with Crippen molar-refractivity contribution >= 4 is 24.1 Å². The Morgan fingerprint density at radius 1 is 1.30 bits per heavy atom. The van der Waals surface area contributed by atoms with Gasteiger partial charge < -0.3 is 15.5 Å². The molecule has 0 aliphatic carbocycles. The summed E-state index contributed by atoms with van der Waals surface area (Å²) >= 11 is 0. The summed E-state index contributed by atoms with van der Waals surface area (Å²) in [5.74, 6) is 1.86. The SMILES string of the molecule is CC1CCNC(C(=O)NC2CCN(c3ccccn3)CC2)C1.Cl. The van der Waals surface area contributed by atoms with E-state index in [1.807, 2.05) is 24.4 Å². The number of carbonyl (C=O) groups is 1. The fourth-order valence-corrected chi connectivity index (χ4v) is 3.40. The van der Waals surface area contributed by atoms with Gasteiger partial charge in [0.05, 0.1) is 6.04 Å². The number of halogens is 1. The second-order valence-corrected chi connectivity index (χ2v) is 6.59. The van der Waals surface area contributed by atoms with Crippen LogP contribution in [0, 0.1) is 5.92 Å². The van der Waals surface area contributed by atoms with Crippen molar-refractivity contribution in [1.82, 2.24) is 15.6 Å². The summed E-state index contributed by atoms with van der Waals surface area (Å²) in [5.41, 5.74) is 0. The smallest absolute Gasteiger partial charge is 0.237 e. The largest absolute Gasteiger partial charge is 0.356 e. The predicted octanol–water partition coefficient (Wildman–Crippen LogP) is 1.98. The fraction of sp³-hybridized carbons (Fsp3) is 0.647. The zero-order chi connectivity index (χ0) is 15.4. The Labute approximate surface area is 144 Å². The maximum Gasteiger partial charge on any atom is 0.237 e. The number of hydrogen-bond donors (Lipinski definition) is 2. The second-order valence-electron chi connectivity index (χ2n) is 6.59. The highest BCUT2D eigenvalue weighted by atomic mass is 35.5. The third-order valence-corrected chi connectivity index (χ3v) is 4.80. The Balaban J connectivity index is 0.00000192. The molecule has 5 nitrogen and oxygen atoms in total. The average molecular weight is 339 g/mol. The highest BCUT2D eigenvalue weighted by Gasteiger charge is 2.27. The highest BCUT2D eigenvalue weighted by Crippen LogP contribution is 2.19. The molecule has 3 rings (SSSR count). The molecule has 0 radical (unpaired) electrons. The lowest BCUT2D eigenvalue weighted by Crippen LogP contribution is -2.53. The topological polar surface area (TPSA) is 57.3 Å². The van der Waals surface area contributed by atoms with Gasteiger partial charge in [-0.25, -0.2) is 4.98 Å². The van der Waals surface area contributed by atoms with Crippen molar-refractivity contribution in [2.24, 2.45) is 5.92 Å². The first-order valence-corrected chi connectivity index (χ1v) is 8.42. The molecular formula is C17H27ClN4O. The van der Waals surface area contributed by atoms with Gasteiger partial charge in [-0.1, -0.05) is 13.0 Å². The number of rotatable bonds is 3. The van der Waals surface area contributed by atoms with Crippen LogP contribution in [0.25, 0.3) is 0 Å². The van der Waals surface area contributed by atoms with E-state index in [1.54, 1.807) is 0 Å². The first-order valence-electron chi connectivity index (χ1n) is 8.42. The molecule has 0 spiro atoms. The Hall–Kier alpha value is -1.33. The number of amides is 1. The third-order valence-electron chi connectivity index (χ3n) is 4.80. The molecule has 2 unspecified atom stereocenters. The molecule has 1 amide bonds. The van der Waals surface area contributed by atoms with E-state index in [-0.39, 0.29) is 24.4 Å². The maximum atomic E-state index is 12.4. The predicted molar refractivity (Wildman–Crippen MR) is 95.1 cm³/mol. The third kappa shape index (κ3) is 4.82. The van der Waals surface area contributed by atoms with Gasteiger partial charge in [0.2, 0.25) is 5.91 Å². The number of aromatic nitrogens is 1. The maximum absolute atomic E-state index is 12.4. The van der Waals surface area contributed by atoms with Crippen molar-refractivity contribution in [2.75, 3.05) is 24.5 Å². The number of carbonyl (C=O) groups excluding carboxylic acids is 1. The molecule has 0 aromatic carbocycles. The van der Waals surface area contributed by atoms with Crippen LogP contribution in [0.4, 0.5) is 5.82 Å². The number of nitrogens with zero attached hydrogens (tertiary/aromatic N) is 2. The normalized spacial score (nSPS) is 25.5. The lowest BCUT2D eigenvalue weighted by Gasteiger charge is -2.34. The zero-order valence-electron chi connectivity index (χ0n) is 13.7. The fourth-order valence-electron chi connectivity index (χ4n) is 3.40. The van der Waals surface area contributed by atoms with Crippen molar-refractivity contribution in [1.29, 1.82) is 0 Å². The first-order chi connectivity index (χ1) is 10.7. The van der Waals surface area contributed by atoms with Gasteiger partial charge in [-0.2, -0.15) is 0 Å². The number of hydrogen-bond acceptors (Lipinski definition) is 4. The van der Waals surface area contributed by atoms with E-state index >= 15 is 0 Å². The van der Waals surface area contributed by atoms with Crippen LogP contribution in [-0.2, 0) is 4.79 Å². The van der Waals surface area contributed by atoms with Crippen molar-refractivity contribution in [3.8, 4) is 0 Å². The average Bonchev–Trinajstić information content (AvgIpc) is 2.56. The van der Waals surface area contributed by atoms with Crippen molar-refractivity contribution in [3.63, 3.8) is 0 Å². The molecule has 2 saturated heterocycles. The zero-order valence-corrected chi connectivity index (χ0v) is 14.5. The van der Waals surface area contributed by atoms with Gasteiger partial charge in [0.15, 0.2) is 0 Å². The van der Waals surface area contributed by atoms with E-state index < -0.39 is 0 Å². The van der Waals surface area contributed by atoms with E-state index in [4.69, 9.17) is 0 Å². The molecule has 128 valence electrons. The van der Waals surface area contributed by atoms with Crippen LogP contribution < -0.4 is 15.5 Å². The molecule has 2 fully saturated rings. The molecule has 2 atom stereocenters. The van der Waals surface area contributed by atoms with Crippen molar-refractivity contribution < 1.29 is 4.79 Å². The van der Waals surface area contributed by atoms with Gasteiger partial charge in [-0.05, 0) is 50.3 Å². The quantitative estimate of drug-likeness (QED) is 0.884. The summed E-state index contributed by atoms with van der Waals surface area (Å²) in [4.78, 5) is 19.1. The van der Waals surface area contributed by atoms with E-state index in [0.717, 1.165) is 44.7 Å². The molecule has 2 N–H and O–H groups in total. The number of piperidine rings is 2.